The van der Waals surface area contributed by atoms with Crippen LogP contribution in [0, 0.1) is 5.82 Å². The number of fused-ring (bicyclic) bond motifs is 1. The van der Waals surface area contributed by atoms with Crippen molar-refractivity contribution in [3.05, 3.63) is 83.5 Å². The number of hydrogen-bond donors (Lipinski definition) is 1. The number of thiophene rings is 1. The van der Waals surface area contributed by atoms with E-state index in [4.69, 9.17) is 14.6 Å². The van der Waals surface area contributed by atoms with E-state index in [1.165, 1.54) is 22.2 Å². The van der Waals surface area contributed by atoms with Crippen LogP contribution >= 0.6 is 11.3 Å². The first-order valence-electron chi connectivity index (χ1n) is 8.92. The molecule has 0 saturated carbocycles. The predicted octanol–water partition coefficient (Wildman–Crippen LogP) is 5.75. The summed E-state index contributed by atoms with van der Waals surface area (Å²) in [4.78, 5) is 10.5. The lowest BCUT2D eigenvalue weighted by Gasteiger charge is -2.10. The van der Waals surface area contributed by atoms with Crippen LogP contribution < -0.4 is 9.47 Å². The van der Waals surface area contributed by atoms with Crippen molar-refractivity contribution in [1.82, 2.24) is 0 Å². The molecule has 0 aliphatic rings. The molecule has 1 aromatic heterocycles. The van der Waals surface area contributed by atoms with Crippen LogP contribution in [0.5, 0.6) is 11.5 Å². The zero-order valence-corrected chi connectivity index (χ0v) is 16.1. The first-order valence-corrected chi connectivity index (χ1v) is 9.80. The summed E-state index contributed by atoms with van der Waals surface area (Å²) in [7, 11) is 0. The van der Waals surface area contributed by atoms with Crippen molar-refractivity contribution in [2.24, 2.45) is 0 Å². The van der Waals surface area contributed by atoms with Gasteiger partial charge in [0.25, 0.3) is 0 Å². The summed E-state index contributed by atoms with van der Waals surface area (Å²) in [6.07, 6.45) is 0. The highest BCUT2D eigenvalue weighted by Gasteiger charge is 2.08. The standard InChI is InChI=1S/C23H17FO4S/c24-20-12-19(6-7-21(20)28-14-23(25)26)27-13-15-2-1-3-17(10-15)18-5-4-16-8-9-29-22(16)11-18/h1-12H,13-14H2,(H,25,26). The van der Waals surface area contributed by atoms with E-state index in [1.54, 1.807) is 17.4 Å². The third-order valence-electron chi connectivity index (χ3n) is 4.38. The Labute approximate surface area is 170 Å². The lowest BCUT2D eigenvalue weighted by Crippen LogP contribution is -2.10. The van der Waals surface area contributed by atoms with E-state index in [2.05, 4.69) is 35.7 Å². The van der Waals surface area contributed by atoms with Gasteiger partial charge in [0.2, 0.25) is 0 Å². The molecule has 0 spiro atoms. The molecule has 29 heavy (non-hydrogen) atoms. The quantitative estimate of drug-likeness (QED) is 0.423. The Morgan fingerprint density at radius 1 is 0.966 bits per heavy atom. The molecule has 0 fully saturated rings. The van der Waals surface area contributed by atoms with Crippen LogP contribution in [0.1, 0.15) is 5.56 Å². The molecule has 1 N–H and O–H groups in total. The van der Waals surface area contributed by atoms with Gasteiger partial charge in [-0.2, -0.15) is 0 Å². The van der Waals surface area contributed by atoms with Gasteiger partial charge in [0.05, 0.1) is 0 Å². The van der Waals surface area contributed by atoms with Gasteiger partial charge in [0.15, 0.2) is 18.2 Å². The Balaban J connectivity index is 1.45. The van der Waals surface area contributed by atoms with Crippen LogP contribution in [0.2, 0.25) is 0 Å². The van der Waals surface area contributed by atoms with Gasteiger partial charge in [-0.15, -0.1) is 11.3 Å². The van der Waals surface area contributed by atoms with Gasteiger partial charge in [-0.3, -0.25) is 0 Å². The predicted molar refractivity (Wildman–Crippen MR) is 111 cm³/mol. The molecule has 3 aromatic carbocycles. The van der Waals surface area contributed by atoms with E-state index in [1.807, 2.05) is 18.2 Å². The van der Waals surface area contributed by atoms with Gasteiger partial charge in [-0.05, 0) is 57.8 Å². The van der Waals surface area contributed by atoms with Crippen molar-refractivity contribution >= 4 is 27.4 Å². The number of halogens is 1. The molecular weight excluding hydrogens is 391 g/mol. The molecule has 4 aromatic rings. The highest BCUT2D eigenvalue weighted by molar-refractivity contribution is 7.17. The molecule has 0 aliphatic heterocycles. The molecular formula is C23H17FO4S. The number of ether oxygens (including phenoxy) is 2. The number of aliphatic carboxylic acids is 1. The maximum Gasteiger partial charge on any atom is 0.341 e. The fourth-order valence-corrected chi connectivity index (χ4v) is 3.80. The molecule has 0 saturated heterocycles. The normalized spacial score (nSPS) is 10.8. The van der Waals surface area contributed by atoms with Gasteiger partial charge >= 0.3 is 5.97 Å². The Kier molecular flexibility index (Phi) is 5.44. The minimum atomic E-state index is -1.16. The Bertz CT molecular complexity index is 1170. The average molecular weight is 408 g/mol. The van der Waals surface area contributed by atoms with Crippen molar-refractivity contribution in [2.45, 2.75) is 6.61 Å². The maximum atomic E-state index is 14.0. The molecule has 0 atom stereocenters. The highest BCUT2D eigenvalue weighted by atomic mass is 32.1. The summed E-state index contributed by atoms with van der Waals surface area (Å²) in [5, 5.41) is 11.9. The SMILES string of the molecule is O=C(O)COc1ccc(OCc2cccc(-c3ccc4ccsc4c3)c2)cc1F. The summed E-state index contributed by atoms with van der Waals surface area (Å²) in [5.41, 5.74) is 3.18. The molecule has 4 rings (SSSR count). The summed E-state index contributed by atoms with van der Waals surface area (Å²) in [5.74, 6) is -1.61. The largest absolute Gasteiger partial charge is 0.489 e. The zero-order chi connectivity index (χ0) is 20.2. The second-order valence-electron chi connectivity index (χ2n) is 6.44. The molecule has 0 aliphatic carbocycles. The van der Waals surface area contributed by atoms with Crippen LogP contribution in [0.25, 0.3) is 21.2 Å². The molecule has 1 heterocycles. The van der Waals surface area contributed by atoms with Crippen molar-refractivity contribution in [1.29, 1.82) is 0 Å². The Morgan fingerprint density at radius 2 is 1.83 bits per heavy atom. The third-order valence-corrected chi connectivity index (χ3v) is 5.26. The van der Waals surface area contributed by atoms with Crippen LogP contribution in [-0.2, 0) is 11.4 Å². The van der Waals surface area contributed by atoms with E-state index in [9.17, 15) is 9.18 Å². The van der Waals surface area contributed by atoms with E-state index in [0.717, 1.165) is 16.7 Å². The van der Waals surface area contributed by atoms with Crippen LogP contribution in [-0.4, -0.2) is 17.7 Å². The summed E-state index contributed by atoms with van der Waals surface area (Å²) < 4.78 is 25.8. The maximum absolute atomic E-state index is 14.0. The Morgan fingerprint density at radius 3 is 2.66 bits per heavy atom. The minimum absolute atomic E-state index is 0.120. The van der Waals surface area contributed by atoms with E-state index < -0.39 is 18.4 Å². The summed E-state index contributed by atoms with van der Waals surface area (Å²) in [6, 6.07) is 20.6. The molecule has 4 nitrogen and oxygen atoms in total. The average Bonchev–Trinajstić information content (AvgIpc) is 3.19. The summed E-state index contributed by atoms with van der Waals surface area (Å²) >= 11 is 1.71. The van der Waals surface area contributed by atoms with Crippen LogP contribution in [0.4, 0.5) is 4.39 Å². The van der Waals surface area contributed by atoms with Gasteiger partial charge in [-0.25, -0.2) is 9.18 Å². The summed E-state index contributed by atoms with van der Waals surface area (Å²) in [6.45, 7) is -0.314. The number of hydrogen-bond acceptors (Lipinski definition) is 4. The number of carboxylic acid groups (broad SMARTS) is 1. The lowest BCUT2D eigenvalue weighted by atomic mass is 10.0. The van der Waals surface area contributed by atoms with Gasteiger partial charge in [0.1, 0.15) is 12.4 Å². The van der Waals surface area contributed by atoms with E-state index in [-0.39, 0.29) is 12.4 Å². The molecule has 6 heteroatoms. The smallest absolute Gasteiger partial charge is 0.341 e. The Hall–Kier alpha value is -3.38. The number of carbonyl (C=O) groups is 1. The monoisotopic (exact) mass is 408 g/mol. The van der Waals surface area contributed by atoms with Gasteiger partial charge in [-0.1, -0.05) is 30.3 Å². The molecule has 146 valence electrons. The van der Waals surface area contributed by atoms with Crippen LogP contribution in [0.15, 0.2) is 72.1 Å². The first-order chi connectivity index (χ1) is 14.1. The minimum Gasteiger partial charge on any atom is -0.489 e. The van der Waals surface area contributed by atoms with Crippen molar-refractivity contribution in [3.63, 3.8) is 0 Å². The molecule has 0 radical (unpaired) electrons. The van der Waals surface area contributed by atoms with Gasteiger partial charge < -0.3 is 14.6 Å². The second-order valence-corrected chi connectivity index (χ2v) is 7.38. The fraction of sp³-hybridized carbons (Fsp3) is 0.0870. The molecule has 0 unspecified atom stereocenters. The first kappa shape index (κ1) is 19.0. The number of carboxylic acids is 1. The van der Waals surface area contributed by atoms with Gasteiger partial charge in [0, 0.05) is 10.8 Å². The zero-order valence-electron chi connectivity index (χ0n) is 15.3. The number of rotatable bonds is 7. The highest BCUT2D eigenvalue weighted by Crippen LogP contribution is 2.29. The topological polar surface area (TPSA) is 55.8 Å². The fourth-order valence-electron chi connectivity index (χ4n) is 2.97. The second kappa shape index (κ2) is 8.32. The number of benzene rings is 3. The van der Waals surface area contributed by atoms with Crippen molar-refractivity contribution in [2.75, 3.05) is 6.61 Å². The van der Waals surface area contributed by atoms with Crippen LogP contribution in [0.3, 0.4) is 0 Å². The van der Waals surface area contributed by atoms with Crippen molar-refractivity contribution in [3.8, 4) is 22.6 Å². The molecule has 0 amide bonds. The lowest BCUT2D eigenvalue weighted by molar-refractivity contribution is -0.139. The van der Waals surface area contributed by atoms with Crippen molar-refractivity contribution < 1.29 is 23.8 Å². The van der Waals surface area contributed by atoms with E-state index in [0.29, 0.717) is 5.75 Å². The third kappa shape index (κ3) is 4.55. The van der Waals surface area contributed by atoms with E-state index >= 15 is 0 Å². The molecule has 0 bridgehead atoms.